The van der Waals surface area contributed by atoms with Gasteiger partial charge in [-0.05, 0) is 47.5 Å². The van der Waals surface area contributed by atoms with Gasteiger partial charge < -0.3 is 4.90 Å². The molecule has 3 aromatic rings. The van der Waals surface area contributed by atoms with E-state index in [1.54, 1.807) is 12.4 Å². The smallest absolute Gasteiger partial charge is 0.290 e. The third-order valence-corrected chi connectivity index (χ3v) is 6.62. The Labute approximate surface area is 190 Å². The maximum Gasteiger partial charge on any atom is 0.290 e. The van der Waals surface area contributed by atoms with E-state index in [-0.39, 0.29) is 11.1 Å². The average molecular weight is 446 g/mol. The van der Waals surface area contributed by atoms with Crippen LogP contribution in [0.1, 0.15) is 11.1 Å². The molecule has 8 heteroatoms. The van der Waals surface area contributed by atoms with Crippen LogP contribution in [0, 0.1) is 0 Å². The molecule has 2 fully saturated rings. The highest BCUT2D eigenvalue weighted by molar-refractivity contribution is 8.18. The first-order chi connectivity index (χ1) is 15.7. The first kappa shape index (κ1) is 20.7. The lowest BCUT2D eigenvalue weighted by atomic mass is 10.1. The van der Waals surface area contributed by atoms with Crippen LogP contribution in [0.25, 0.3) is 17.0 Å². The summed E-state index contributed by atoms with van der Waals surface area (Å²) in [5.74, 6) is 0.564. The Hall–Kier alpha value is -3.23. The van der Waals surface area contributed by atoms with Gasteiger partial charge in [0.1, 0.15) is 12.1 Å². The molecule has 0 aliphatic carbocycles. The number of hydrogen-bond donors (Lipinski definition) is 1. The fourth-order valence-corrected chi connectivity index (χ4v) is 4.77. The van der Waals surface area contributed by atoms with Crippen LogP contribution in [0.15, 0.2) is 59.8 Å². The largest absolute Gasteiger partial charge is 0.353 e. The summed E-state index contributed by atoms with van der Waals surface area (Å²) in [5, 5.41) is 2.91. The standard InChI is InChI=1S/C24H23N5O2S/c30-23-21(32-24(31)27-23)15-18-6-7-20-19(14-18)22(26-16-25-20)29-12-10-28(11-13-29)9-8-17-4-2-1-3-5-17/h1-7,14-16H,8-13H2,(H,27,30,31)/b21-15-. The van der Waals surface area contributed by atoms with Crippen molar-refractivity contribution < 1.29 is 9.59 Å². The summed E-state index contributed by atoms with van der Waals surface area (Å²) in [6, 6.07) is 16.4. The predicted octanol–water partition coefficient (Wildman–Crippen LogP) is 3.32. The van der Waals surface area contributed by atoms with E-state index >= 15 is 0 Å². The molecule has 0 spiro atoms. The first-order valence-electron chi connectivity index (χ1n) is 10.7. The molecule has 2 amide bonds. The van der Waals surface area contributed by atoms with Crippen LogP contribution in [0.2, 0.25) is 0 Å². The van der Waals surface area contributed by atoms with E-state index < -0.39 is 0 Å². The number of hydrogen-bond acceptors (Lipinski definition) is 7. The van der Waals surface area contributed by atoms with E-state index in [4.69, 9.17) is 0 Å². The van der Waals surface area contributed by atoms with Gasteiger partial charge in [-0.15, -0.1) is 0 Å². The van der Waals surface area contributed by atoms with Crippen LogP contribution in [0.4, 0.5) is 10.6 Å². The number of benzene rings is 2. The fraction of sp³-hybridized carbons (Fsp3) is 0.250. The van der Waals surface area contributed by atoms with E-state index in [0.717, 1.165) is 73.2 Å². The molecule has 2 aromatic carbocycles. The molecule has 2 saturated heterocycles. The number of carbonyl (C=O) groups is 2. The minimum Gasteiger partial charge on any atom is -0.353 e. The topological polar surface area (TPSA) is 78.4 Å². The quantitative estimate of drug-likeness (QED) is 0.604. The van der Waals surface area contributed by atoms with Gasteiger partial charge in [-0.25, -0.2) is 9.97 Å². The lowest BCUT2D eigenvalue weighted by molar-refractivity contribution is -0.115. The van der Waals surface area contributed by atoms with Crippen molar-refractivity contribution in [3.63, 3.8) is 0 Å². The molecule has 0 unspecified atom stereocenters. The lowest BCUT2D eigenvalue weighted by Gasteiger charge is -2.35. The third kappa shape index (κ3) is 4.51. The van der Waals surface area contributed by atoms with Crippen molar-refractivity contribution in [2.24, 2.45) is 0 Å². The minimum absolute atomic E-state index is 0.337. The van der Waals surface area contributed by atoms with Gasteiger partial charge in [0.2, 0.25) is 0 Å². The number of fused-ring (bicyclic) bond motifs is 1. The van der Waals surface area contributed by atoms with Gasteiger partial charge in [-0.3, -0.25) is 19.8 Å². The third-order valence-electron chi connectivity index (χ3n) is 5.81. The van der Waals surface area contributed by atoms with Crippen LogP contribution >= 0.6 is 11.8 Å². The summed E-state index contributed by atoms with van der Waals surface area (Å²) in [7, 11) is 0. The summed E-state index contributed by atoms with van der Waals surface area (Å²) >= 11 is 0.924. The van der Waals surface area contributed by atoms with Gasteiger partial charge in [0.25, 0.3) is 11.1 Å². The number of carbonyl (C=O) groups excluding carboxylic acids is 2. The summed E-state index contributed by atoms with van der Waals surface area (Å²) in [5.41, 5.74) is 3.08. The number of amides is 2. The second-order valence-electron chi connectivity index (χ2n) is 7.89. The van der Waals surface area contributed by atoms with Crippen LogP contribution in [-0.4, -0.2) is 58.7 Å². The Morgan fingerprint density at radius 2 is 1.81 bits per heavy atom. The molecule has 1 N–H and O–H groups in total. The van der Waals surface area contributed by atoms with Crippen molar-refractivity contribution >= 4 is 45.7 Å². The molecule has 0 saturated carbocycles. The predicted molar refractivity (Wildman–Crippen MR) is 127 cm³/mol. The van der Waals surface area contributed by atoms with Gasteiger partial charge in [0, 0.05) is 38.1 Å². The molecule has 0 atom stereocenters. The van der Waals surface area contributed by atoms with Gasteiger partial charge in [-0.1, -0.05) is 36.4 Å². The molecule has 0 bridgehead atoms. The van der Waals surface area contributed by atoms with Crippen LogP contribution in [0.5, 0.6) is 0 Å². The van der Waals surface area contributed by atoms with Crippen molar-refractivity contribution in [2.75, 3.05) is 37.6 Å². The van der Waals surface area contributed by atoms with Crippen molar-refractivity contribution in [1.29, 1.82) is 0 Å². The number of nitrogens with one attached hydrogen (secondary N) is 1. The molecule has 7 nitrogen and oxygen atoms in total. The van der Waals surface area contributed by atoms with E-state index in [1.807, 2.05) is 18.2 Å². The minimum atomic E-state index is -0.351. The molecular weight excluding hydrogens is 422 g/mol. The van der Waals surface area contributed by atoms with Gasteiger partial charge in [0.05, 0.1) is 10.4 Å². The molecule has 0 radical (unpaired) electrons. The molecule has 2 aliphatic heterocycles. The number of aromatic nitrogens is 2. The Morgan fingerprint density at radius 1 is 1.00 bits per heavy atom. The average Bonchev–Trinajstić information content (AvgIpc) is 3.14. The van der Waals surface area contributed by atoms with Gasteiger partial charge in [0.15, 0.2) is 0 Å². The van der Waals surface area contributed by atoms with Crippen molar-refractivity contribution in [1.82, 2.24) is 20.2 Å². The van der Waals surface area contributed by atoms with Crippen LogP contribution in [-0.2, 0) is 11.2 Å². The molecule has 1 aromatic heterocycles. The number of imide groups is 1. The summed E-state index contributed by atoms with van der Waals surface area (Å²) < 4.78 is 0. The zero-order valence-electron chi connectivity index (χ0n) is 17.5. The normalized spacial score (nSPS) is 18.5. The Kier molecular flexibility index (Phi) is 5.87. The Morgan fingerprint density at radius 3 is 2.56 bits per heavy atom. The second kappa shape index (κ2) is 9.10. The Balaban J connectivity index is 1.30. The number of rotatable bonds is 5. The maximum absolute atomic E-state index is 11.9. The maximum atomic E-state index is 11.9. The van der Waals surface area contributed by atoms with Gasteiger partial charge in [-0.2, -0.15) is 0 Å². The highest BCUT2D eigenvalue weighted by atomic mass is 32.2. The van der Waals surface area contributed by atoms with E-state index in [2.05, 4.69) is 55.4 Å². The second-order valence-corrected chi connectivity index (χ2v) is 8.91. The lowest BCUT2D eigenvalue weighted by Crippen LogP contribution is -2.47. The molecular formula is C24H23N5O2S. The summed E-state index contributed by atoms with van der Waals surface area (Å²) in [6.45, 7) is 4.83. The monoisotopic (exact) mass is 445 g/mol. The zero-order valence-corrected chi connectivity index (χ0v) is 18.3. The zero-order chi connectivity index (χ0) is 21.9. The summed E-state index contributed by atoms with van der Waals surface area (Å²) in [4.78, 5) is 37.5. The van der Waals surface area contributed by atoms with E-state index in [9.17, 15) is 9.59 Å². The Bertz CT molecular complexity index is 1190. The highest BCUT2D eigenvalue weighted by Crippen LogP contribution is 2.29. The van der Waals surface area contributed by atoms with Crippen LogP contribution < -0.4 is 10.2 Å². The molecule has 3 heterocycles. The van der Waals surface area contributed by atoms with Crippen molar-refractivity contribution in [3.05, 3.63) is 70.9 Å². The number of anilines is 1. The van der Waals surface area contributed by atoms with E-state index in [1.165, 1.54) is 5.56 Å². The molecule has 5 rings (SSSR count). The molecule has 162 valence electrons. The fourth-order valence-electron chi connectivity index (χ4n) is 4.09. The number of thioether (sulfide) groups is 1. The van der Waals surface area contributed by atoms with Crippen molar-refractivity contribution in [3.8, 4) is 0 Å². The molecule has 2 aliphatic rings. The van der Waals surface area contributed by atoms with E-state index in [0.29, 0.717) is 4.91 Å². The SMILES string of the molecule is O=C1NC(=O)/C(=C/c2ccc3ncnc(N4CCN(CCc5ccccc5)CC4)c3c2)S1. The number of nitrogens with zero attached hydrogens (tertiary/aromatic N) is 4. The van der Waals surface area contributed by atoms with Crippen molar-refractivity contribution in [2.45, 2.75) is 6.42 Å². The first-order valence-corrected chi connectivity index (χ1v) is 11.5. The highest BCUT2D eigenvalue weighted by Gasteiger charge is 2.25. The van der Waals surface area contributed by atoms with Crippen LogP contribution in [0.3, 0.4) is 0 Å². The van der Waals surface area contributed by atoms with Gasteiger partial charge >= 0.3 is 0 Å². The summed E-state index contributed by atoms with van der Waals surface area (Å²) in [6.07, 6.45) is 4.41. The molecule has 32 heavy (non-hydrogen) atoms. The number of piperazine rings is 1.